The molecule has 0 heterocycles. The van der Waals surface area contributed by atoms with Crippen LogP contribution in [0.15, 0.2) is 48.5 Å². The lowest BCUT2D eigenvalue weighted by molar-refractivity contribution is -0.114. The van der Waals surface area contributed by atoms with Crippen molar-refractivity contribution in [2.75, 3.05) is 10.6 Å². The smallest absolute Gasteiger partial charge is 0.255 e. The number of halogens is 1. The van der Waals surface area contributed by atoms with E-state index < -0.39 is 0 Å². The molecule has 0 atom stereocenters. The molecule has 0 aliphatic heterocycles. The van der Waals surface area contributed by atoms with Gasteiger partial charge in [-0.2, -0.15) is 0 Å². The fourth-order valence-corrected chi connectivity index (χ4v) is 1.87. The van der Waals surface area contributed by atoms with Crippen LogP contribution in [0.1, 0.15) is 17.3 Å². The second kappa shape index (κ2) is 6.21. The molecule has 4 nitrogen and oxygen atoms in total. The first-order valence-corrected chi connectivity index (χ1v) is 6.37. The Bertz CT molecular complexity index is 642. The Morgan fingerprint density at radius 1 is 0.950 bits per heavy atom. The summed E-state index contributed by atoms with van der Waals surface area (Å²) in [6.07, 6.45) is 0. The lowest BCUT2D eigenvalue weighted by atomic mass is 10.2. The summed E-state index contributed by atoms with van der Waals surface area (Å²) in [5, 5.41) is 5.86. The molecule has 5 heteroatoms. The third-order valence-corrected chi connectivity index (χ3v) is 2.81. The highest BCUT2D eigenvalue weighted by atomic mass is 35.5. The normalized spacial score (nSPS) is 9.90. The fourth-order valence-electron chi connectivity index (χ4n) is 1.70. The van der Waals surface area contributed by atoms with Gasteiger partial charge in [0.1, 0.15) is 0 Å². The second-order valence-electron chi connectivity index (χ2n) is 4.19. The first kappa shape index (κ1) is 14.1. The zero-order valence-corrected chi connectivity index (χ0v) is 11.6. The maximum absolute atomic E-state index is 12.1. The summed E-state index contributed by atoms with van der Waals surface area (Å²) in [6.45, 7) is 1.39. The highest BCUT2D eigenvalue weighted by Gasteiger charge is 2.10. The summed E-state index contributed by atoms with van der Waals surface area (Å²) in [5.74, 6) is -0.484. The minimum Gasteiger partial charge on any atom is -0.324 e. The van der Waals surface area contributed by atoms with E-state index in [0.717, 1.165) is 0 Å². The number of carbonyl (C=O) groups excluding carboxylic acids is 2. The van der Waals surface area contributed by atoms with E-state index in [9.17, 15) is 9.59 Å². The largest absolute Gasteiger partial charge is 0.324 e. The summed E-state index contributed by atoms with van der Waals surface area (Å²) in [4.78, 5) is 23.2. The summed E-state index contributed by atoms with van der Waals surface area (Å²) < 4.78 is 0. The van der Waals surface area contributed by atoms with Gasteiger partial charge in [0, 0.05) is 17.5 Å². The number of anilines is 2. The van der Waals surface area contributed by atoms with Crippen LogP contribution in [-0.2, 0) is 4.79 Å². The van der Waals surface area contributed by atoms with Crippen LogP contribution < -0.4 is 10.6 Å². The molecule has 102 valence electrons. The molecule has 2 rings (SSSR count). The minimum atomic E-state index is -0.250. The Balaban J connectivity index is 2.25. The SMILES string of the molecule is CC(=O)Nc1cc(Cl)ccc1NC(=O)c1ccccc1. The van der Waals surface area contributed by atoms with Crippen molar-refractivity contribution in [1.82, 2.24) is 0 Å². The van der Waals surface area contributed by atoms with E-state index in [-0.39, 0.29) is 11.8 Å². The van der Waals surface area contributed by atoms with Crippen molar-refractivity contribution in [2.45, 2.75) is 6.92 Å². The zero-order valence-electron chi connectivity index (χ0n) is 10.8. The van der Waals surface area contributed by atoms with Gasteiger partial charge in [-0.15, -0.1) is 0 Å². The highest BCUT2D eigenvalue weighted by Crippen LogP contribution is 2.26. The molecule has 2 N–H and O–H groups in total. The molecule has 0 saturated carbocycles. The number of nitrogens with one attached hydrogen (secondary N) is 2. The van der Waals surface area contributed by atoms with Crippen molar-refractivity contribution >= 4 is 34.8 Å². The van der Waals surface area contributed by atoms with Gasteiger partial charge in [-0.3, -0.25) is 9.59 Å². The Morgan fingerprint density at radius 2 is 1.65 bits per heavy atom. The lowest BCUT2D eigenvalue weighted by Crippen LogP contribution is -2.15. The van der Waals surface area contributed by atoms with E-state index in [1.165, 1.54) is 6.92 Å². The molecule has 2 amide bonds. The number of hydrogen-bond acceptors (Lipinski definition) is 2. The predicted octanol–water partition coefficient (Wildman–Crippen LogP) is 3.55. The molecule has 0 saturated heterocycles. The minimum absolute atomic E-state index is 0.234. The molecule has 0 fully saturated rings. The van der Waals surface area contributed by atoms with Crippen LogP contribution in [0.5, 0.6) is 0 Å². The van der Waals surface area contributed by atoms with Gasteiger partial charge in [0.05, 0.1) is 11.4 Å². The van der Waals surface area contributed by atoms with E-state index in [1.54, 1.807) is 42.5 Å². The van der Waals surface area contributed by atoms with E-state index in [2.05, 4.69) is 10.6 Å². The second-order valence-corrected chi connectivity index (χ2v) is 4.63. The van der Waals surface area contributed by atoms with E-state index in [0.29, 0.717) is 22.0 Å². The molecule has 0 bridgehead atoms. The first-order chi connectivity index (χ1) is 9.56. The van der Waals surface area contributed by atoms with Crippen LogP contribution in [-0.4, -0.2) is 11.8 Å². The van der Waals surface area contributed by atoms with Crippen LogP contribution in [0, 0.1) is 0 Å². The fraction of sp³-hybridized carbons (Fsp3) is 0.0667. The summed E-state index contributed by atoms with van der Waals surface area (Å²) >= 11 is 5.89. The van der Waals surface area contributed by atoms with Crippen LogP contribution in [0.2, 0.25) is 5.02 Å². The third kappa shape index (κ3) is 3.59. The van der Waals surface area contributed by atoms with Crippen molar-refractivity contribution < 1.29 is 9.59 Å². The van der Waals surface area contributed by atoms with Gasteiger partial charge in [-0.1, -0.05) is 29.8 Å². The Labute approximate surface area is 121 Å². The molecule has 0 aliphatic carbocycles. The maximum atomic E-state index is 12.1. The Hall–Kier alpha value is -2.33. The molecule has 0 radical (unpaired) electrons. The van der Waals surface area contributed by atoms with Crippen molar-refractivity contribution in [1.29, 1.82) is 0 Å². The van der Waals surface area contributed by atoms with Gasteiger partial charge in [0.25, 0.3) is 5.91 Å². The average Bonchev–Trinajstić information content (AvgIpc) is 2.42. The van der Waals surface area contributed by atoms with Gasteiger partial charge in [0.15, 0.2) is 0 Å². The third-order valence-electron chi connectivity index (χ3n) is 2.58. The predicted molar refractivity (Wildman–Crippen MR) is 80.2 cm³/mol. The van der Waals surface area contributed by atoms with Gasteiger partial charge in [-0.25, -0.2) is 0 Å². The molecule has 0 spiro atoms. The van der Waals surface area contributed by atoms with Crippen molar-refractivity contribution in [3.63, 3.8) is 0 Å². The molecule has 2 aromatic rings. The summed E-state index contributed by atoms with van der Waals surface area (Å²) in [7, 11) is 0. The molecule has 0 aromatic heterocycles. The van der Waals surface area contributed by atoms with E-state index in [4.69, 9.17) is 11.6 Å². The van der Waals surface area contributed by atoms with Crippen LogP contribution in [0.3, 0.4) is 0 Å². The lowest BCUT2D eigenvalue weighted by Gasteiger charge is -2.12. The van der Waals surface area contributed by atoms with Gasteiger partial charge < -0.3 is 10.6 Å². The number of amides is 2. The zero-order chi connectivity index (χ0) is 14.5. The Kier molecular flexibility index (Phi) is 4.38. The standard InChI is InChI=1S/C15H13ClN2O2/c1-10(19)17-14-9-12(16)7-8-13(14)18-15(20)11-5-3-2-4-6-11/h2-9H,1H3,(H,17,19)(H,18,20). The molecule has 2 aromatic carbocycles. The van der Waals surface area contributed by atoms with E-state index >= 15 is 0 Å². The Morgan fingerprint density at radius 3 is 2.30 bits per heavy atom. The molecule has 0 unspecified atom stereocenters. The van der Waals surface area contributed by atoms with Crippen LogP contribution in [0.25, 0.3) is 0 Å². The van der Waals surface area contributed by atoms with Gasteiger partial charge in [-0.05, 0) is 30.3 Å². The number of benzene rings is 2. The number of rotatable bonds is 3. The van der Waals surface area contributed by atoms with E-state index in [1.807, 2.05) is 6.07 Å². The van der Waals surface area contributed by atoms with Gasteiger partial charge >= 0.3 is 0 Å². The first-order valence-electron chi connectivity index (χ1n) is 6.00. The summed E-state index contributed by atoms with van der Waals surface area (Å²) in [6, 6.07) is 13.7. The molecular weight excluding hydrogens is 276 g/mol. The van der Waals surface area contributed by atoms with Crippen molar-refractivity contribution in [3.8, 4) is 0 Å². The van der Waals surface area contributed by atoms with Crippen LogP contribution in [0.4, 0.5) is 11.4 Å². The van der Waals surface area contributed by atoms with Crippen molar-refractivity contribution in [2.24, 2.45) is 0 Å². The molecule has 20 heavy (non-hydrogen) atoms. The van der Waals surface area contributed by atoms with Crippen LogP contribution >= 0.6 is 11.6 Å². The maximum Gasteiger partial charge on any atom is 0.255 e. The highest BCUT2D eigenvalue weighted by molar-refractivity contribution is 6.31. The molecule has 0 aliphatic rings. The average molecular weight is 289 g/mol. The van der Waals surface area contributed by atoms with Crippen molar-refractivity contribution in [3.05, 3.63) is 59.1 Å². The molecular formula is C15H13ClN2O2. The number of hydrogen-bond donors (Lipinski definition) is 2. The topological polar surface area (TPSA) is 58.2 Å². The quantitative estimate of drug-likeness (QED) is 0.907. The number of carbonyl (C=O) groups is 2. The monoisotopic (exact) mass is 288 g/mol. The van der Waals surface area contributed by atoms with Gasteiger partial charge in [0.2, 0.25) is 5.91 Å². The summed E-state index contributed by atoms with van der Waals surface area (Å²) in [5.41, 5.74) is 1.50.